The van der Waals surface area contributed by atoms with Crippen molar-refractivity contribution >= 4 is 0 Å². The van der Waals surface area contributed by atoms with Gasteiger partial charge in [0.05, 0.1) is 270 Å². The molecule has 0 aromatic carbocycles. The molecule has 1 unspecified atom stereocenters. The average Bonchev–Trinajstić information content (AvgIpc) is 1.34. The van der Waals surface area contributed by atoms with E-state index in [1.165, 1.54) is 64.2 Å². The lowest BCUT2D eigenvalue weighted by Crippen LogP contribution is -2.51. The minimum absolute atomic E-state index is 0.0200. The van der Waals surface area contributed by atoms with Crippen molar-refractivity contribution in [2.75, 3.05) is 264 Å². The van der Waals surface area contributed by atoms with Gasteiger partial charge in [0.2, 0.25) is 0 Å². The zero-order valence-electron chi connectivity index (χ0n) is 55.8. The van der Waals surface area contributed by atoms with Gasteiger partial charge in [-0.25, -0.2) is 0 Å². The van der Waals surface area contributed by atoms with Crippen LogP contribution in [0.15, 0.2) is 11.6 Å². The first-order valence-electron chi connectivity index (χ1n) is 34.2. The lowest BCUT2D eigenvalue weighted by molar-refractivity contribution is -0.0692. The summed E-state index contributed by atoms with van der Waals surface area (Å²) in [6, 6.07) is 0. The van der Waals surface area contributed by atoms with Gasteiger partial charge >= 0.3 is 0 Å². The van der Waals surface area contributed by atoms with E-state index in [1.807, 2.05) is 0 Å². The second kappa shape index (κ2) is 54.2. The average molecular weight is 1270 g/mol. The van der Waals surface area contributed by atoms with Crippen LogP contribution in [0.25, 0.3) is 0 Å². The van der Waals surface area contributed by atoms with Crippen LogP contribution in [0.3, 0.4) is 0 Å². The fourth-order valence-electron chi connectivity index (χ4n) is 13.2. The van der Waals surface area contributed by atoms with Gasteiger partial charge in [-0.05, 0) is 97.7 Å². The van der Waals surface area contributed by atoms with Crippen molar-refractivity contribution in [3.05, 3.63) is 11.6 Å². The molecule has 0 bridgehead atoms. The van der Waals surface area contributed by atoms with Crippen molar-refractivity contribution in [3.8, 4) is 0 Å². The predicted molar refractivity (Wildman–Crippen MR) is 335 cm³/mol. The first kappa shape index (κ1) is 79.3. The third kappa shape index (κ3) is 36.5. The van der Waals surface area contributed by atoms with E-state index in [1.54, 1.807) is 5.57 Å². The zero-order valence-corrected chi connectivity index (χ0v) is 55.8. The number of aliphatic hydroxyl groups is 1. The number of aliphatic hydroxyl groups excluding tert-OH is 1. The zero-order chi connectivity index (χ0) is 62.5. The molecule has 4 rings (SSSR count). The standard InChI is InChI=1S/C67H126O21/c1-58(2)7-6-8-59(3)63-11-12-64-62-10-9-60-57-61(13-15-66(60,4)65(62)14-16-67(63,64)5)88-56-55-87-54-53-86-52-51-85-50-49-84-48-47-83-46-45-82-44-43-81-42-41-80-40-39-79-38-37-78-36-35-77-34-33-76-32-31-75-30-29-74-28-27-73-26-25-72-24-23-71-22-21-70-20-19-69-18-17-68/h9,58-59,61-65,68H,6-8,10-57H2,1-5H3/t59-,61?,62+,63-,64+,65+,66+,67-/m1/s1. The van der Waals surface area contributed by atoms with E-state index in [4.69, 9.17) is 99.8 Å². The minimum atomic E-state index is 0.0200. The molecular formula is C67H126O21. The molecule has 4 aliphatic rings. The van der Waals surface area contributed by atoms with Crippen molar-refractivity contribution in [2.24, 2.45) is 46.3 Å². The highest BCUT2D eigenvalue weighted by atomic mass is 16.6. The Labute approximate surface area is 531 Å². The molecule has 21 nitrogen and oxygen atoms in total. The van der Waals surface area contributed by atoms with E-state index >= 15 is 0 Å². The molecule has 0 spiro atoms. The third-order valence-corrected chi connectivity index (χ3v) is 17.8. The maximum absolute atomic E-state index is 8.62. The van der Waals surface area contributed by atoms with Crippen molar-refractivity contribution in [1.82, 2.24) is 0 Å². The van der Waals surface area contributed by atoms with Crippen molar-refractivity contribution in [2.45, 2.75) is 111 Å². The Hall–Kier alpha value is -1.10. The van der Waals surface area contributed by atoms with Gasteiger partial charge in [-0.3, -0.25) is 0 Å². The monoisotopic (exact) mass is 1270 g/mol. The van der Waals surface area contributed by atoms with E-state index in [0.29, 0.717) is 275 Å². The topological polar surface area (TPSA) is 205 Å². The molecule has 21 heteroatoms. The van der Waals surface area contributed by atoms with Gasteiger partial charge in [-0.2, -0.15) is 0 Å². The van der Waals surface area contributed by atoms with Crippen LogP contribution in [0.4, 0.5) is 0 Å². The second-order valence-corrected chi connectivity index (χ2v) is 24.4. The molecule has 0 aromatic heterocycles. The van der Waals surface area contributed by atoms with Gasteiger partial charge in [-0.15, -0.1) is 0 Å². The summed E-state index contributed by atoms with van der Waals surface area (Å²) in [6.45, 7) is 32.3. The maximum Gasteiger partial charge on any atom is 0.0704 e. The van der Waals surface area contributed by atoms with Crippen molar-refractivity contribution in [3.63, 3.8) is 0 Å². The highest BCUT2D eigenvalue weighted by Crippen LogP contribution is 2.67. The Morgan fingerprint density at radius 1 is 0.375 bits per heavy atom. The van der Waals surface area contributed by atoms with Gasteiger partial charge in [-0.1, -0.05) is 65.5 Å². The summed E-state index contributed by atoms with van der Waals surface area (Å²) in [5.74, 6) is 5.25. The fraction of sp³-hybridized carbons (Fsp3) is 0.970. The van der Waals surface area contributed by atoms with E-state index in [-0.39, 0.29) is 6.61 Å². The Morgan fingerprint density at radius 2 is 0.693 bits per heavy atom. The number of fused-ring (bicyclic) bond motifs is 5. The number of ether oxygens (including phenoxy) is 20. The highest BCUT2D eigenvalue weighted by molar-refractivity contribution is 5.25. The van der Waals surface area contributed by atoms with Gasteiger partial charge < -0.3 is 99.8 Å². The summed E-state index contributed by atoms with van der Waals surface area (Å²) in [7, 11) is 0. The summed E-state index contributed by atoms with van der Waals surface area (Å²) >= 11 is 0. The first-order chi connectivity index (χ1) is 43.3. The normalized spacial score (nSPS) is 23.0. The van der Waals surface area contributed by atoms with E-state index in [9.17, 15) is 0 Å². The second-order valence-electron chi connectivity index (χ2n) is 24.4. The Kier molecular flexibility index (Phi) is 48.8. The molecule has 1 N–H and O–H groups in total. The molecule has 4 aliphatic carbocycles. The van der Waals surface area contributed by atoms with Crippen molar-refractivity contribution < 1.29 is 99.8 Å². The predicted octanol–water partition coefficient (Wildman–Crippen LogP) is 7.72. The first-order valence-corrected chi connectivity index (χ1v) is 34.2. The molecule has 0 heterocycles. The number of hydrogen-bond donors (Lipinski definition) is 1. The molecule has 0 saturated heterocycles. The van der Waals surface area contributed by atoms with Gasteiger partial charge in [0, 0.05) is 0 Å². The molecular weight excluding hydrogens is 1140 g/mol. The lowest BCUT2D eigenvalue weighted by atomic mass is 9.47. The summed E-state index contributed by atoms with van der Waals surface area (Å²) in [6.07, 6.45) is 17.8. The minimum Gasteiger partial charge on any atom is -0.394 e. The quantitative estimate of drug-likeness (QED) is 0.0457. The summed E-state index contributed by atoms with van der Waals surface area (Å²) < 4.78 is 111. The Morgan fingerprint density at radius 3 is 1.01 bits per heavy atom. The highest BCUT2D eigenvalue weighted by Gasteiger charge is 2.59. The van der Waals surface area contributed by atoms with Crippen LogP contribution in [0.1, 0.15) is 105 Å². The SMILES string of the molecule is CC(C)CCC[C@@H](C)[C@H]1CC[C@H]2[C@@H]3CC=C4CC(OCCOCCOCCOCCOCCOCCOCCOCCOCCOCCOCCOCCOCCOCCOCCOCCOCCOCCOCCOCCO)CC[C@]4(C)[C@H]3CC[C@]12C. The van der Waals surface area contributed by atoms with Gasteiger partial charge in [0.1, 0.15) is 0 Å². The molecule has 3 fully saturated rings. The van der Waals surface area contributed by atoms with E-state index in [2.05, 4.69) is 40.7 Å². The molecule has 0 aromatic rings. The lowest BCUT2D eigenvalue weighted by Gasteiger charge is -2.58. The maximum atomic E-state index is 8.62. The van der Waals surface area contributed by atoms with Crippen LogP contribution in [0, 0.1) is 46.3 Å². The van der Waals surface area contributed by atoms with Crippen LogP contribution < -0.4 is 0 Å². The largest absolute Gasteiger partial charge is 0.394 e. The summed E-state index contributed by atoms with van der Waals surface area (Å²) in [4.78, 5) is 0. The molecule has 0 amide bonds. The molecule has 3 saturated carbocycles. The molecule has 0 aliphatic heterocycles. The molecule has 520 valence electrons. The smallest absolute Gasteiger partial charge is 0.0704 e. The molecule has 88 heavy (non-hydrogen) atoms. The number of allylic oxidation sites excluding steroid dienone is 1. The molecule has 0 radical (unpaired) electrons. The van der Waals surface area contributed by atoms with E-state index in [0.717, 1.165) is 41.9 Å². The van der Waals surface area contributed by atoms with Crippen LogP contribution >= 0.6 is 0 Å². The Balaban J connectivity index is 0.754. The van der Waals surface area contributed by atoms with E-state index < -0.39 is 0 Å². The van der Waals surface area contributed by atoms with Crippen LogP contribution in [0.2, 0.25) is 0 Å². The van der Waals surface area contributed by atoms with Gasteiger partial charge in [0.25, 0.3) is 0 Å². The summed E-state index contributed by atoms with van der Waals surface area (Å²) in [5, 5.41) is 8.62. The Bertz CT molecular complexity index is 1590. The van der Waals surface area contributed by atoms with Crippen LogP contribution in [-0.2, 0) is 94.7 Å². The van der Waals surface area contributed by atoms with Crippen molar-refractivity contribution in [1.29, 1.82) is 0 Å². The fourth-order valence-corrected chi connectivity index (χ4v) is 13.2. The van der Waals surface area contributed by atoms with Crippen LogP contribution in [-0.4, -0.2) is 275 Å². The molecule has 8 atom stereocenters. The third-order valence-electron chi connectivity index (χ3n) is 17.8. The summed E-state index contributed by atoms with van der Waals surface area (Å²) in [5.41, 5.74) is 2.61. The number of hydrogen-bond acceptors (Lipinski definition) is 21. The number of rotatable bonds is 65. The van der Waals surface area contributed by atoms with Gasteiger partial charge in [0.15, 0.2) is 0 Å². The van der Waals surface area contributed by atoms with Crippen LogP contribution in [0.5, 0.6) is 0 Å².